The summed E-state index contributed by atoms with van der Waals surface area (Å²) in [6.07, 6.45) is 8.33. The first-order valence-electron chi connectivity index (χ1n) is 8.46. The van der Waals surface area contributed by atoms with E-state index < -0.39 is 9.84 Å². The zero-order valence-corrected chi connectivity index (χ0v) is 13.9. The Morgan fingerprint density at radius 1 is 1.05 bits per heavy atom. The van der Waals surface area contributed by atoms with Gasteiger partial charge in [0.1, 0.15) is 0 Å². The second-order valence-corrected chi connectivity index (χ2v) is 8.76. The summed E-state index contributed by atoms with van der Waals surface area (Å²) in [5, 5.41) is 1.26. The van der Waals surface area contributed by atoms with E-state index in [0.717, 1.165) is 38.6 Å². The van der Waals surface area contributed by atoms with Gasteiger partial charge in [0.15, 0.2) is 9.84 Å². The van der Waals surface area contributed by atoms with Crippen molar-refractivity contribution in [3.05, 3.63) is 11.5 Å². The van der Waals surface area contributed by atoms with Crippen molar-refractivity contribution in [3.63, 3.8) is 0 Å². The molecule has 22 heavy (non-hydrogen) atoms. The summed E-state index contributed by atoms with van der Waals surface area (Å²) in [7, 11) is -3.06. The van der Waals surface area contributed by atoms with Gasteiger partial charge in [-0.2, -0.15) is 0 Å². The van der Waals surface area contributed by atoms with Gasteiger partial charge in [0, 0.05) is 50.0 Å². The second-order valence-electron chi connectivity index (χ2n) is 6.83. The van der Waals surface area contributed by atoms with E-state index in [9.17, 15) is 13.2 Å². The molecule has 0 aromatic carbocycles. The minimum atomic E-state index is -3.06. The summed E-state index contributed by atoms with van der Waals surface area (Å²) >= 11 is 0. The number of amides is 1. The number of rotatable bonds is 3. The average molecular weight is 326 g/mol. The molecule has 2 fully saturated rings. The third-order valence-corrected chi connectivity index (χ3v) is 6.63. The fourth-order valence-corrected chi connectivity index (χ4v) is 5.34. The van der Waals surface area contributed by atoms with Crippen LogP contribution in [-0.2, 0) is 14.6 Å². The van der Waals surface area contributed by atoms with Crippen LogP contribution < -0.4 is 0 Å². The lowest BCUT2D eigenvalue weighted by molar-refractivity contribution is -0.131. The number of sulfone groups is 1. The van der Waals surface area contributed by atoms with Crippen LogP contribution in [0.1, 0.15) is 38.5 Å². The van der Waals surface area contributed by atoms with Gasteiger partial charge in [0.05, 0.1) is 5.75 Å². The number of allylic oxidation sites excluding steroid dienone is 1. The molecule has 0 bridgehead atoms. The van der Waals surface area contributed by atoms with Crippen LogP contribution in [0.3, 0.4) is 0 Å². The summed E-state index contributed by atoms with van der Waals surface area (Å²) in [5.74, 6) is 0.0764. The molecule has 0 aromatic heterocycles. The molecular formula is C16H26N2O3S. The van der Waals surface area contributed by atoms with Gasteiger partial charge in [-0.05, 0) is 19.3 Å². The van der Waals surface area contributed by atoms with E-state index in [1.54, 1.807) is 6.08 Å². The van der Waals surface area contributed by atoms with Crippen LogP contribution in [0.5, 0.6) is 0 Å². The molecule has 1 amide bonds. The van der Waals surface area contributed by atoms with Gasteiger partial charge >= 0.3 is 0 Å². The summed E-state index contributed by atoms with van der Waals surface area (Å²) < 4.78 is 22.9. The normalized spacial score (nSPS) is 29.8. The van der Waals surface area contributed by atoms with Crippen molar-refractivity contribution in [3.8, 4) is 0 Å². The minimum Gasteiger partial charge on any atom is -0.341 e. The Bertz CT molecular complexity index is 538. The Labute approximate surface area is 133 Å². The second kappa shape index (κ2) is 6.71. The van der Waals surface area contributed by atoms with E-state index in [4.69, 9.17) is 0 Å². The SMILES string of the molecule is O=C(C[C@H]1C=CS(=O)(=O)C1)N1CCCN(C2CCCC2)CC1. The maximum Gasteiger partial charge on any atom is 0.223 e. The Balaban J connectivity index is 1.50. The van der Waals surface area contributed by atoms with Crippen LogP contribution in [0.2, 0.25) is 0 Å². The quantitative estimate of drug-likeness (QED) is 0.787. The molecule has 2 heterocycles. The van der Waals surface area contributed by atoms with E-state index in [1.165, 1.54) is 31.1 Å². The molecule has 1 saturated carbocycles. The van der Waals surface area contributed by atoms with Crippen LogP contribution >= 0.6 is 0 Å². The molecule has 6 heteroatoms. The maximum atomic E-state index is 12.4. The molecule has 3 rings (SSSR count). The molecule has 124 valence electrons. The van der Waals surface area contributed by atoms with Crippen molar-refractivity contribution in [1.29, 1.82) is 0 Å². The summed E-state index contributed by atoms with van der Waals surface area (Å²) in [5.41, 5.74) is 0. The molecule has 0 aromatic rings. The van der Waals surface area contributed by atoms with Crippen molar-refractivity contribution in [1.82, 2.24) is 9.80 Å². The Hall–Kier alpha value is -0.880. The van der Waals surface area contributed by atoms with Gasteiger partial charge in [-0.25, -0.2) is 8.42 Å². The minimum absolute atomic E-state index is 0.0980. The Morgan fingerprint density at radius 2 is 1.82 bits per heavy atom. The fraction of sp³-hybridized carbons (Fsp3) is 0.812. The number of carbonyl (C=O) groups excluding carboxylic acids is 1. The summed E-state index contributed by atoms with van der Waals surface area (Å²) in [6.45, 7) is 3.66. The Kier molecular flexibility index (Phi) is 4.88. The smallest absolute Gasteiger partial charge is 0.223 e. The van der Waals surface area contributed by atoms with Gasteiger partial charge in [-0.3, -0.25) is 9.69 Å². The molecule has 1 atom stereocenters. The molecule has 0 N–H and O–H groups in total. The van der Waals surface area contributed by atoms with Crippen LogP contribution in [0, 0.1) is 5.92 Å². The summed E-state index contributed by atoms with van der Waals surface area (Å²) in [4.78, 5) is 16.9. The largest absolute Gasteiger partial charge is 0.341 e. The standard InChI is InChI=1S/C16H26N2O3S/c19-16(12-14-6-11-22(20,21)13-14)18-8-3-7-17(9-10-18)15-4-1-2-5-15/h6,11,14-15H,1-5,7-10,12-13H2/t14-/m1/s1. The number of carbonyl (C=O) groups is 1. The van der Waals surface area contributed by atoms with Crippen molar-refractivity contribution in [2.24, 2.45) is 5.92 Å². The van der Waals surface area contributed by atoms with Crippen molar-refractivity contribution in [2.75, 3.05) is 31.9 Å². The highest BCUT2D eigenvalue weighted by atomic mass is 32.2. The highest BCUT2D eigenvalue weighted by Crippen LogP contribution is 2.25. The van der Waals surface area contributed by atoms with Gasteiger partial charge in [0.2, 0.25) is 5.91 Å². The monoisotopic (exact) mass is 326 g/mol. The fourth-order valence-electron chi connectivity index (χ4n) is 3.94. The number of nitrogens with zero attached hydrogens (tertiary/aromatic N) is 2. The molecular weight excluding hydrogens is 300 g/mol. The van der Waals surface area contributed by atoms with Crippen LogP contribution in [-0.4, -0.2) is 62.1 Å². The van der Waals surface area contributed by atoms with Gasteiger partial charge < -0.3 is 4.90 Å². The third kappa shape index (κ3) is 3.90. The molecule has 3 aliphatic rings. The van der Waals surface area contributed by atoms with Crippen LogP contribution in [0.4, 0.5) is 0 Å². The Morgan fingerprint density at radius 3 is 2.50 bits per heavy atom. The van der Waals surface area contributed by atoms with E-state index in [2.05, 4.69) is 4.90 Å². The lowest BCUT2D eigenvalue weighted by Gasteiger charge is -2.27. The topological polar surface area (TPSA) is 57.7 Å². The zero-order valence-electron chi connectivity index (χ0n) is 13.1. The van der Waals surface area contributed by atoms with Crippen molar-refractivity contribution >= 4 is 15.7 Å². The highest BCUT2D eigenvalue weighted by molar-refractivity contribution is 7.94. The number of hydrogen-bond donors (Lipinski definition) is 0. The summed E-state index contributed by atoms with van der Waals surface area (Å²) in [6, 6.07) is 0.720. The van der Waals surface area contributed by atoms with E-state index in [0.29, 0.717) is 6.42 Å². The van der Waals surface area contributed by atoms with Gasteiger partial charge in [-0.15, -0.1) is 0 Å². The van der Waals surface area contributed by atoms with Gasteiger partial charge in [-0.1, -0.05) is 18.9 Å². The first kappa shape index (κ1) is 16.0. The maximum absolute atomic E-state index is 12.4. The molecule has 2 aliphatic heterocycles. The lowest BCUT2D eigenvalue weighted by atomic mass is 10.1. The molecule has 1 aliphatic carbocycles. The predicted molar refractivity (Wildman–Crippen MR) is 86.1 cm³/mol. The first-order valence-corrected chi connectivity index (χ1v) is 10.2. The third-order valence-electron chi connectivity index (χ3n) is 5.17. The zero-order chi connectivity index (χ0) is 15.6. The van der Waals surface area contributed by atoms with E-state index in [1.807, 2.05) is 4.90 Å². The predicted octanol–water partition coefficient (Wildman–Crippen LogP) is 1.41. The first-order chi connectivity index (χ1) is 10.5. The highest BCUT2D eigenvalue weighted by Gasteiger charge is 2.29. The van der Waals surface area contributed by atoms with E-state index in [-0.39, 0.29) is 17.6 Å². The van der Waals surface area contributed by atoms with Crippen LogP contribution in [0.15, 0.2) is 11.5 Å². The van der Waals surface area contributed by atoms with Gasteiger partial charge in [0.25, 0.3) is 0 Å². The molecule has 1 saturated heterocycles. The van der Waals surface area contributed by atoms with E-state index >= 15 is 0 Å². The number of hydrogen-bond acceptors (Lipinski definition) is 4. The molecule has 0 radical (unpaired) electrons. The van der Waals surface area contributed by atoms with Crippen LogP contribution in [0.25, 0.3) is 0 Å². The molecule has 0 unspecified atom stereocenters. The van der Waals surface area contributed by atoms with Crippen molar-refractivity contribution < 1.29 is 13.2 Å². The lowest BCUT2D eigenvalue weighted by Crippen LogP contribution is -2.38. The van der Waals surface area contributed by atoms with Crippen molar-refractivity contribution in [2.45, 2.75) is 44.6 Å². The average Bonchev–Trinajstić information content (AvgIpc) is 3.03. The molecule has 0 spiro atoms. The molecule has 5 nitrogen and oxygen atoms in total.